The molecule has 0 aliphatic rings. The molecule has 0 rings (SSSR count). The van der Waals surface area contributed by atoms with E-state index in [0.717, 1.165) is 6.42 Å². The second-order valence-electron chi connectivity index (χ2n) is 2.04. The van der Waals surface area contributed by atoms with Crippen molar-refractivity contribution < 1.29 is 5.21 Å². The molecule has 2 heteroatoms. The summed E-state index contributed by atoms with van der Waals surface area (Å²) < 4.78 is 0. The molecule has 0 unspecified atom stereocenters. The molecule has 0 bridgehead atoms. The van der Waals surface area contributed by atoms with E-state index in [1.54, 1.807) is 0 Å². The van der Waals surface area contributed by atoms with Crippen LogP contribution < -0.4 is 5.48 Å². The molecule has 0 N–H and O–H groups in total. The van der Waals surface area contributed by atoms with Crippen LogP contribution in [0.1, 0.15) is 20.3 Å². The lowest BCUT2D eigenvalue weighted by Gasteiger charge is -1.96. The normalized spacial score (nSPS) is 10.3. The molecule has 0 saturated heterocycles. The van der Waals surface area contributed by atoms with Crippen LogP contribution in [0.4, 0.5) is 0 Å². The molecule has 42 valence electrons. The number of nitrogens with zero attached hydrogens (tertiary/aromatic N) is 1. The maximum absolute atomic E-state index is 9.46. The van der Waals surface area contributed by atoms with E-state index in [1.165, 1.54) is 0 Å². The predicted molar refractivity (Wildman–Crippen MR) is 27.1 cm³/mol. The van der Waals surface area contributed by atoms with Gasteiger partial charge in [0.05, 0.1) is 0 Å². The van der Waals surface area contributed by atoms with Gasteiger partial charge in [0.1, 0.15) is 0 Å². The summed E-state index contributed by atoms with van der Waals surface area (Å²) in [4.78, 5) is 0. The second-order valence-corrected chi connectivity index (χ2v) is 2.04. The van der Waals surface area contributed by atoms with Gasteiger partial charge in [0.2, 0.25) is 0 Å². The molecular weight excluding hydrogens is 90.1 g/mol. The first-order chi connectivity index (χ1) is 3.27. The van der Waals surface area contributed by atoms with Gasteiger partial charge >= 0.3 is 0 Å². The fourth-order valence-electron chi connectivity index (χ4n) is 0.311. The third-order valence-corrected chi connectivity index (χ3v) is 0.798. The largest absolute Gasteiger partial charge is 0.102 e. The monoisotopic (exact) mass is 101 g/mol. The molecule has 0 aliphatic carbocycles. The Morgan fingerprint density at radius 2 is 2.14 bits per heavy atom. The van der Waals surface area contributed by atoms with Crippen molar-refractivity contribution in [3.05, 3.63) is 0 Å². The third kappa shape index (κ3) is 5.92. The van der Waals surface area contributed by atoms with Gasteiger partial charge in [-0.1, -0.05) is 19.3 Å². The summed E-state index contributed by atoms with van der Waals surface area (Å²) in [6.45, 7) is 4.62. The summed E-state index contributed by atoms with van der Waals surface area (Å²) in [7, 11) is 0. The van der Waals surface area contributed by atoms with Crippen LogP contribution in [0.15, 0.2) is 0 Å². The smallest absolute Gasteiger partial charge is 0.0462 e. The molecule has 0 atom stereocenters. The topological polar surface area (TPSA) is 34.0 Å². The Morgan fingerprint density at radius 1 is 1.57 bits per heavy atom. The summed E-state index contributed by atoms with van der Waals surface area (Å²) in [6, 6.07) is 0. The zero-order chi connectivity index (χ0) is 5.70. The number of rotatable bonds is 3. The first-order valence-electron chi connectivity index (χ1n) is 2.56. The van der Waals surface area contributed by atoms with E-state index in [2.05, 4.69) is 19.3 Å². The van der Waals surface area contributed by atoms with Gasteiger partial charge in [-0.2, -0.15) is 0 Å². The van der Waals surface area contributed by atoms with Crippen LogP contribution in [-0.2, 0) is 5.21 Å². The second kappa shape index (κ2) is 4.09. The summed E-state index contributed by atoms with van der Waals surface area (Å²) >= 11 is 0. The Balaban J connectivity index is 2.68. The molecule has 0 aromatic heterocycles. The van der Waals surface area contributed by atoms with E-state index in [9.17, 15) is 5.21 Å². The molecule has 0 aromatic carbocycles. The zero-order valence-electron chi connectivity index (χ0n) is 4.85. The molecule has 0 amide bonds. The number of hydrogen-bond donors (Lipinski definition) is 0. The van der Waals surface area contributed by atoms with Crippen LogP contribution in [0.3, 0.4) is 0 Å². The molecule has 0 heterocycles. The van der Waals surface area contributed by atoms with Gasteiger partial charge in [0.25, 0.3) is 0 Å². The fraction of sp³-hybridized carbons (Fsp3) is 1.00. The highest BCUT2D eigenvalue weighted by atomic mass is 16.5. The lowest BCUT2D eigenvalue weighted by Crippen LogP contribution is -2.01. The maximum Gasteiger partial charge on any atom is 0.0462 e. The molecule has 0 aliphatic heterocycles. The van der Waals surface area contributed by atoms with Crippen molar-refractivity contribution in [3.63, 3.8) is 0 Å². The zero-order valence-corrected chi connectivity index (χ0v) is 4.85. The highest BCUT2D eigenvalue weighted by Gasteiger charge is 1.90. The Hall–Kier alpha value is -0.0800. The molecule has 0 aromatic rings. The molecule has 2 nitrogen and oxygen atoms in total. The maximum atomic E-state index is 9.46. The van der Waals surface area contributed by atoms with Crippen LogP contribution in [0.2, 0.25) is 0 Å². The molecular formula is C5H11NO. The van der Waals surface area contributed by atoms with E-state index in [4.69, 9.17) is 0 Å². The van der Waals surface area contributed by atoms with E-state index >= 15 is 0 Å². The van der Waals surface area contributed by atoms with Crippen molar-refractivity contribution in [1.29, 1.82) is 0 Å². The van der Waals surface area contributed by atoms with Gasteiger partial charge in [-0.3, -0.25) is 0 Å². The Bertz CT molecular complexity index is 37.1. The molecule has 0 saturated carbocycles. The predicted octanol–water partition coefficient (Wildman–Crippen LogP) is 0.982. The summed E-state index contributed by atoms with van der Waals surface area (Å²) in [5.41, 5.74) is 2.73. The molecule has 0 spiro atoms. The molecule has 7 heavy (non-hydrogen) atoms. The van der Waals surface area contributed by atoms with Gasteiger partial charge in [-0.15, -0.1) is 5.21 Å². The van der Waals surface area contributed by atoms with Crippen molar-refractivity contribution in [1.82, 2.24) is 5.48 Å². The average molecular weight is 101 g/mol. The van der Waals surface area contributed by atoms with Crippen LogP contribution in [-0.4, -0.2) is 6.54 Å². The van der Waals surface area contributed by atoms with Crippen LogP contribution in [0.5, 0.6) is 0 Å². The van der Waals surface area contributed by atoms with E-state index in [1.807, 2.05) is 0 Å². The summed E-state index contributed by atoms with van der Waals surface area (Å²) in [5.74, 6) is 0.609. The SMILES string of the molecule is CC(C)CC[N][O]. The van der Waals surface area contributed by atoms with E-state index < -0.39 is 0 Å². The van der Waals surface area contributed by atoms with Crippen molar-refractivity contribution >= 4 is 0 Å². The van der Waals surface area contributed by atoms with Crippen LogP contribution in [0, 0.1) is 5.92 Å². The minimum absolute atomic E-state index is 0.470. The van der Waals surface area contributed by atoms with Crippen LogP contribution >= 0.6 is 0 Å². The van der Waals surface area contributed by atoms with Crippen molar-refractivity contribution in [2.45, 2.75) is 20.3 Å². The van der Waals surface area contributed by atoms with Crippen molar-refractivity contribution in [2.24, 2.45) is 5.92 Å². The minimum atomic E-state index is 0.470. The van der Waals surface area contributed by atoms with E-state index in [0.29, 0.717) is 12.5 Å². The van der Waals surface area contributed by atoms with Gasteiger partial charge in [-0.05, 0) is 12.3 Å². The highest BCUT2D eigenvalue weighted by Crippen LogP contribution is 1.95. The lowest BCUT2D eigenvalue weighted by molar-refractivity contribution is 0.0629. The number of hydroxylamine groups is 1. The van der Waals surface area contributed by atoms with Gasteiger partial charge in [0.15, 0.2) is 0 Å². The standard InChI is InChI=1S/C5H11NO/c1-5(2)3-4-6-7/h5H,3-4H2,1-2H3. The third-order valence-electron chi connectivity index (χ3n) is 0.798. The Morgan fingerprint density at radius 3 is 2.29 bits per heavy atom. The summed E-state index contributed by atoms with van der Waals surface area (Å²) in [6.07, 6.45) is 0.920. The van der Waals surface area contributed by atoms with Gasteiger partial charge < -0.3 is 0 Å². The minimum Gasteiger partial charge on any atom is -0.102 e. The first-order valence-corrected chi connectivity index (χ1v) is 2.56. The number of hydrogen-bond acceptors (Lipinski definition) is 0. The van der Waals surface area contributed by atoms with Gasteiger partial charge in [0, 0.05) is 6.54 Å². The fourth-order valence-corrected chi connectivity index (χ4v) is 0.311. The van der Waals surface area contributed by atoms with Crippen LogP contribution in [0.25, 0.3) is 0 Å². The summed E-state index contributed by atoms with van der Waals surface area (Å²) in [5, 5.41) is 9.46. The molecule has 2 radical (unpaired) electrons. The average Bonchev–Trinajstić information content (AvgIpc) is 1.61. The molecule has 0 fully saturated rings. The Labute approximate surface area is 44.5 Å². The van der Waals surface area contributed by atoms with Crippen molar-refractivity contribution in [3.8, 4) is 0 Å². The highest BCUT2D eigenvalue weighted by molar-refractivity contribution is 4.42. The van der Waals surface area contributed by atoms with E-state index in [-0.39, 0.29) is 0 Å². The first kappa shape index (κ1) is 6.92. The van der Waals surface area contributed by atoms with Gasteiger partial charge in [-0.25, -0.2) is 0 Å². The quantitative estimate of drug-likeness (QED) is 0.475. The lowest BCUT2D eigenvalue weighted by atomic mass is 10.1. The van der Waals surface area contributed by atoms with Crippen molar-refractivity contribution in [2.75, 3.05) is 6.54 Å². The Kier molecular flexibility index (Phi) is 4.04.